The van der Waals surface area contributed by atoms with Crippen molar-refractivity contribution in [1.82, 2.24) is 0 Å². The lowest BCUT2D eigenvalue weighted by Gasteiger charge is -1.97. The van der Waals surface area contributed by atoms with Gasteiger partial charge in [-0.3, -0.25) is 0 Å². The Balaban J connectivity index is 2.80. The van der Waals surface area contributed by atoms with Gasteiger partial charge in [0.1, 0.15) is 0 Å². The van der Waals surface area contributed by atoms with Gasteiger partial charge >= 0.3 is 5.97 Å². The Kier molecular flexibility index (Phi) is 4.38. The van der Waals surface area contributed by atoms with Gasteiger partial charge in [0.05, 0.1) is 6.61 Å². The Morgan fingerprint density at radius 2 is 2.27 bits per heavy atom. The average Bonchev–Trinajstić information content (AvgIpc) is 2.20. The minimum Gasteiger partial charge on any atom is -0.456 e. The van der Waals surface area contributed by atoms with Gasteiger partial charge in [-0.05, 0) is 37.6 Å². The van der Waals surface area contributed by atoms with Crippen LogP contribution in [0.2, 0.25) is 0 Å². The molecule has 0 aromatic heterocycles. The lowest BCUT2D eigenvalue weighted by Crippen LogP contribution is -1.99. The minimum atomic E-state index is -0.488. The number of hydrogen-bond acceptors (Lipinski definition) is 2. The van der Waals surface area contributed by atoms with Crippen molar-refractivity contribution in [2.75, 3.05) is 6.61 Å². The molecule has 0 saturated heterocycles. The Morgan fingerprint density at radius 1 is 1.53 bits per heavy atom. The molecule has 0 heterocycles. The molecule has 1 rings (SSSR count). The van der Waals surface area contributed by atoms with E-state index in [1.807, 2.05) is 25.1 Å². The summed E-state index contributed by atoms with van der Waals surface area (Å²) in [6.07, 6.45) is 0. The summed E-state index contributed by atoms with van der Waals surface area (Å²) < 4.78 is 5.73. The van der Waals surface area contributed by atoms with Gasteiger partial charge in [0.15, 0.2) is 0 Å². The predicted octanol–water partition coefficient (Wildman–Crippen LogP) is 2.67. The van der Waals surface area contributed by atoms with Gasteiger partial charge in [-0.25, -0.2) is 4.79 Å². The van der Waals surface area contributed by atoms with Gasteiger partial charge < -0.3 is 4.74 Å². The first-order valence-electron chi connectivity index (χ1n) is 4.58. The summed E-state index contributed by atoms with van der Waals surface area (Å²) in [4.78, 5) is 11.0. The van der Waals surface area contributed by atoms with Gasteiger partial charge in [-0.1, -0.05) is 21.9 Å². The van der Waals surface area contributed by atoms with Gasteiger partial charge in [0.25, 0.3) is 0 Å². The number of aryl methyl sites for hydroxylation is 1. The van der Waals surface area contributed by atoms with Crippen LogP contribution in [0.5, 0.6) is 0 Å². The first kappa shape index (κ1) is 11.8. The highest BCUT2D eigenvalue weighted by Gasteiger charge is 1.96. The lowest BCUT2D eigenvalue weighted by molar-refractivity contribution is -0.136. The average molecular weight is 267 g/mol. The van der Waals surface area contributed by atoms with E-state index in [9.17, 15) is 4.79 Å². The molecule has 0 aliphatic rings. The minimum absolute atomic E-state index is 0.354. The third-order valence-corrected chi connectivity index (χ3v) is 2.63. The third-order valence-electron chi connectivity index (χ3n) is 1.74. The smallest absolute Gasteiger partial charge is 0.384 e. The largest absolute Gasteiger partial charge is 0.456 e. The fourth-order valence-corrected chi connectivity index (χ4v) is 1.26. The van der Waals surface area contributed by atoms with E-state index in [2.05, 4.69) is 27.8 Å². The first-order chi connectivity index (χ1) is 7.13. The van der Waals surface area contributed by atoms with Crippen LogP contribution in [0.4, 0.5) is 0 Å². The molecule has 0 spiro atoms. The van der Waals surface area contributed by atoms with Gasteiger partial charge in [-0.15, -0.1) is 0 Å². The highest BCUT2D eigenvalue weighted by Crippen LogP contribution is 2.16. The summed E-state index contributed by atoms with van der Waals surface area (Å²) in [6.45, 7) is 4.08. The quantitative estimate of drug-likeness (QED) is 0.577. The number of rotatable bonds is 1. The molecule has 0 bridgehead atoms. The Bertz CT molecular complexity index is 427. The number of esters is 1. The number of hydrogen-bond donors (Lipinski definition) is 0. The monoisotopic (exact) mass is 266 g/mol. The van der Waals surface area contributed by atoms with Crippen LogP contribution in [0.25, 0.3) is 0 Å². The van der Waals surface area contributed by atoms with E-state index in [1.165, 1.54) is 0 Å². The van der Waals surface area contributed by atoms with E-state index in [-0.39, 0.29) is 0 Å². The van der Waals surface area contributed by atoms with E-state index in [4.69, 9.17) is 4.74 Å². The fourth-order valence-electron chi connectivity index (χ4n) is 1.01. The number of ether oxygens (including phenoxy) is 1. The van der Waals surface area contributed by atoms with Crippen LogP contribution in [-0.4, -0.2) is 12.6 Å². The molecule has 0 unspecified atom stereocenters. The molecule has 0 radical (unpaired) electrons. The summed E-state index contributed by atoms with van der Waals surface area (Å²) in [5.74, 6) is 4.68. The molecule has 3 heteroatoms. The summed E-state index contributed by atoms with van der Waals surface area (Å²) >= 11 is 3.39. The Morgan fingerprint density at radius 3 is 2.87 bits per heavy atom. The zero-order valence-electron chi connectivity index (χ0n) is 8.63. The highest BCUT2D eigenvalue weighted by atomic mass is 79.9. The van der Waals surface area contributed by atoms with E-state index in [0.717, 1.165) is 15.6 Å². The number of carbonyl (C=O) groups is 1. The van der Waals surface area contributed by atoms with Crippen molar-refractivity contribution < 1.29 is 9.53 Å². The third kappa shape index (κ3) is 3.77. The molecule has 0 N–H and O–H groups in total. The second-order valence-electron chi connectivity index (χ2n) is 2.93. The SMILES string of the molecule is CCOC(=O)C#Cc1ccc(Br)c(C)c1. The Hall–Kier alpha value is -1.27. The van der Waals surface area contributed by atoms with Crippen LogP contribution < -0.4 is 0 Å². The summed E-state index contributed by atoms with van der Waals surface area (Å²) in [6, 6.07) is 5.67. The first-order valence-corrected chi connectivity index (χ1v) is 5.37. The summed E-state index contributed by atoms with van der Waals surface area (Å²) in [7, 11) is 0. The zero-order valence-corrected chi connectivity index (χ0v) is 10.2. The van der Waals surface area contributed by atoms with E-state index in [0.29, 0.717) is 6.61 Å². The van der Waals surface area contributed by atoms with Crippen molar-refractivity contribution in [2.24, 2.45) is 0 Å². The second-order valence-corrected chi connectivity index (χ2v) is 3.79. The van der Waals surface area contributed by atoms with Crippen molar-refractivity contribution >= 4 is 21.9 Å². The molecule has 0 amide bonds. The van der Waals surface area contributed by atoms with Crippen LogP contribution in [0, 0.1) is 18.8 Å². The molecule has 0 aliphatic carbocycles. The molecule has 0 fully saturated rings. The standard InChI is InChI=1S/C12H11BrO2/c1-3-15-12(14)7-5-10-4-6-11(13)9(2)8-10/h4,6,8H,3H2,1-2H3. The Labute approximate surface area is 97.8 Å². The molecule has 1 aromatic carbocycles. The molecule has 1 aromatic rings. The van der Waals surface area contributed by atoms with Gasteiger partial charge in [0.2, 0.25) is 0 Å². The summed E-state index contributed by atoms with van der Waals surface area (Å²) in [5, 5.41) is 0. The topological polar surface area (TPSA) is 26.3 Å². The van der Waals surface area contributed by atoms with Crippen molar-refractivity contribution in [3.8, 4) is 11.8 Å². The maximum atomic E-state index is 11.0. The molecule has 0 aliphatic heterocycles. The molecular weight excluding hydrogens is 256 g/mol. The molecule has 0 saturated carbocycles. The van der Waals surface area contributed by atoms with Crippen molar-refractivity contribution in [1.29, 1.82) is 0 Å². The lowest BCUT2D eigenvalue weighted by atomic mass is 10.1. The zero-order chi connectivity index (χ0) is 11.3. The molecule has 2 nitrogen and oxygen atoms in total. The van der Waals surface area contributed by atoms with Crippen LogP contribution in [0.3, 0.4) is 0 Å². The second kappa shape index (κ2) is 5.57. The van der Waals surface area contributed by atoms with Crippen molar-refractivity contribution in [3.05, 3.63) is 33.8 Å². The van der Waals surface area contributed by atoms with Crippen LogP contribution in [0.1, 0.15) is 18.1 Å². The molecular formula is C12H11BrO2. The van der Waals surface area contributed by atoms with E-state index >= 15 is 0 Å². The molecule has 78 valence electrons. The summed E-state index contributed by atoms with van der Waals surface area (Å²) in [5.41, 5.74) is 1.90. The van der Waals surface area contributed by atoms with Crippen molar-refractivity contribution in [3.63, 3.8) is 0 Å². The van der Waals surface area contributed by atoms with E-state index < -0.39 is 5.97 Å². The highest BCUT2D eigenvalue weighted by molar-refractivity contribution is 9.10. The van der Waals surface area contributed by atoms with E-state index in [1.54, 1.807) is 6.92 Å². The normalized spacial score (nSPS) is 9.00. The van der Waals surface area contributed by atoms with Crippen LogP contribution in [-0.2, 0) is 9.53 Å². The van der Waals surface area contributed by atoms with Crippen LogP contribution >= 0.6 is 15.9 Å². The van der Waals surface area contributed by atoms with Crippen molar-refractivity contribution in [2.45, 2.75) is 13.8 Å². The molecule has 15 heavy (non-hydrogen) atoms. The maximum Gasteiger partial charge on any atom is 0.384 e. The maximum absolute atomic E-state index is 11.0. The van der Waals surface area contributed by atoms with Gasteiger partial charge in [0, 0.05) is 16.0 Å². The molecule has 0 atom stereocenters. The number of halogens is 1. The van der Waals surface area contributed by atoms with Gasteiger partial charge in [-0.2, -0.15) is 0 Å². The number of benzene rings is 1. The fraction of sp³-hybridized carbons (Fsp3) is 0.250. The number of carbonyl (C=O) groups excluding carboxylic acids is 1. The predicted molar refractivity (Wildman–Crippen MR) is 62.4 cm³/mol. The van der Waals surface area contributed by atoms with Crippen LogP contribution in [0.15, 0.2) is 22.7 Å².